The molecule has 2 aromatic carbocycles. The average Bonchev–Trinajstić information content (AvgIpc) is 2.84. The first kappa shape index (κ1) is 14.6. The van der Waals surface area contributed by atoms with Crippen LogP contribution in [0.2, 0.25) is 0 Å². The highest BCUT2D eigenvalue weighted by atomic mass is 32.2. The maximum atomic E-state index is 12.1. The lowest BCUT2D eigenvalue weighted by Gasteiger charge is -2.06. The van der Waals surface area contributed by atoms with Gasteiger partial charge in [0, 0.05) is 12.7 Å². The van der Waals surface area contributed by atoms with Crippen LogP contribution in [0.3, 0.4) is 0 Å². The van der Waals surface area contributed by atoms with Crippen LogP contribution in [0.1, 0.15) is 5.82 Å². The third kappa shape index (κ3) is 3.12. The molecule has 0 aliphatic heterocycles. The first-order chi connectivity index (χ1) is 10.6. The number of thioether (sulfide) groups is 1. The molecule has 112 valence electrons. The van der Waals surface area contributed by atoms with Gasteiger partial charge in [-0.25, -0.2) is 0 Å². The summed E-state index contributed by atoms with van der Waals surface area (Å²) in [6.07, 6.45) is 0. The standard InChI is InChI=1S/C16H16N4OS/c1-11-18-19-16(20(11)2)22-10-15(21)17-14-8-7-12-5-3-4-6-13(12)9-14/h3-9H,10H2,1-2H3,(H,17,21). The summed E-state index contributed by atoms with van der Waals surface area (Å²) in [4.78, 5) is 12.1. The molecule has 3 aromatic rings. The number of nitrogens with zero attached hydrogens (tertiary/aromatic N) is 3. The number of carbonyl (C=O) groups excluding carboxylic acids is 1. The van der Waals surface area contributed by atoms with Crippen molar-refractivity contribution in [1.29, 1.82) is 0 Å². The molecule has 0 spiro atoms. The van der Waals surface area contributed by atoms with Crippen LogP contribution < -0.4 is 5.32 Å². The summed E-state index contributed by atoms with van der Waals surface area (Å²) >= 11 is 1.38. The van der Waals surface area contributed by atoms with E-state index in [2.05, 4.69) is 15.5 Å². The predicted molar refractivity (Wildman–Crippen MR) is 89.0 cm³/mol. The zero-order valence-electron chi connectivity index (χ0n) is 12.4. The number of carbonyl (C=O) groups is 1. The zero-order chi connectivity index (χ0) is 15.5. The number of aryl methyl sites for hydroxylation is 1. The van der Waals surface area contributed by atoms with Crippen molar-refractivity contribution in [3.05, 3.63) is 48.3 Å². The molecule has 22 heavy (non-hydrogen) atoms. The molecule has 0 fully saturated rings. The Kier molecular flexibility index (Phi) is 4.11. The molecule has 0 bridgehead atoms. The van der Waals surface area contributed by atoms with Crippen LogP contribution in [0.4, 0.5) is 5.69 Å². The highest BCUT2D eigenvalue weighted by Gasteiger charge is 2.09. The van der Waals surface area contributed by atoms with Crippen LogP contribution in [-0.2, 0) is 11.8 Å². The summed E-state index contributed by atoms with van der Waals surface area (Å²) < 4.78 is 1.87. The second-order valence-electron chi connectivity index (χ2n) is 4.99. The van der Waals surface area contributed by atoms with E-state index >= 15 is 0 Å². The third-order valence-electron chi connectivity index (χ3n) is 3.42. The van der Waals surface area contributed by atoms with Crippen molar-refractivity contribution in [2.75, 3.05) is 11.1 Å². The summed E-state index contributed by atoms with van der Waals surface area (Å²) in [5.41, 5.74) is 0.804. The molecule has 0 saturated carbocycles. The summed E-state index contributed by atoms with van der Waals surface area (Å²) in [6, 6.07) is 14.0. The Hall–Kier alpha value is -2.34. The zero-order valence-corrected chi connectivity index (χ0v) is 13.2. The number of aromatic nitrogens is 3. The minimum absolute atomic E-state index is 0.0547. The largest absolute Gasteiger partial charge is 0.325 e. The lowest BCUT2D eigenvalue weighted by Crippen LogP contribution is -2.14. The van der Waals surface area contributed by atoms with E-state index < -0.39 is 0 Å². The molecular weight excluding hydrogens is 296 g/mol. The highest BCUT2D eigenvalue weighted by molar-refractivity contribution is 7.99. The predicted octanol–water partition coefficient (Wildman–Crippen LogP) is 3.01. The van der Waals surface area contributed by atoms with Gasteiger partial charge in [0.1, 0.15) is 5.82 Å². The Morgan fingerprint density at radius 1 is 1.18 bits per heavy atom. The molecule has 1 heterocycles. The van der Waals surface area contributed by atoms with Gasteiger partial charge in [-0.1, -0.05) is 42.1 Å². The van der Waals surface area contributed by atoms with Gasteiger partial charge < -0.3 is 9.88 Å². The van der Waals surface area contributed by atoms with Gasteiger partial charge in [0.25, 0.3) is 0 Å². The number of hydrogen-bond donors (Lipinski definition) is 1. The Labute approximate surface area is 132 Å². The molecule has 0 aliphatic carbocycles. The number of fused-ring (bicyclic) bond motifs is 1. The maximum absolute atomic E-state index is 12.1. The second-order valence-corrected chi connectivity index (χ2v) is 5.93. The number of amides is 1. The summed E-state index contributed by atoms with van der Waals surface area (Å²) in [6.45, 7) is 1.88. The molecule has 0 radical (unpaired) electrons. The van der Waals surface area contributed by atoms with E-state index in [-0.39, 0.29) is 5.91 Å². The first-order valence-corrected chi connectivity index (χ1v) is 7.89. The van der Waals surface area contributed by atoms with Crippen molar-refractivity contribution in [2.24, 2.45) is 7.05 Å². The van der Waals surface area contributed by atoms with Crippen molar-refractivity contribution in [2.45, 2.75) is 12.1 Å². The molecule has 1 aromatic heterocycles. The molecule has 1 N–H and O–H groups in total. The fraction of sp³-hybridized carbons (Fsp3) is 0.188. The van der Waals surface area contributed by atoms with Crippen molar-refractivity contribution >= 4 is 34.1 Å². The average molecular weight is 312 g/mol. The second kappa shape index (κ2) is 6.19. The molecule has 0 unspecified atom stereocenters. The SMILES string of the molecule is Cc1nnc(SCC(=O)Nc2ccc3ccccc3c2)n1C. The third-order valence-corrected chi connectivity index (χ3v) is 4.44. The van der Waals surface area contributed by atoms with Gasteiger partial charge in [0.2, 0.25) is 5.91 Å². The summed E-state index contributed by atoms with van der Waals surface area (Å²) in [5, 5.41) is 13.9. The Morgan fingerprint density at radius 2 is 1.95 bits per heavy atom. The Balaban J connectivity index is 1.64. The van der Waals surface area contributed by atoms with Gasteiger partial charge >= 0.3 is 0 Å². The van der Waals surface area contributed by atoms with Gasteiger partial charge in [-0.05, 0) is 29.8 Å². The highest BCUT2D eigenvalue weighted by Crippen LogP contribution is 2.20. The monoisotopic (exact) mass is 312 g/mol. The first-order valence-electron chi connectivity index (χ1n) is 6.91. The van der Waals surface area contributed by atoms with Crippen LogP contribution >= 0.6 is 11.8 Å². The minimum atomic E-state index is -0.0547. The quantitative estimate of drug-likeness (QED) is 0.752. The Morgan fingerprint density at radius 3 is 2.68 bits per heavy atom. The minimum Gasteiger partial charge on any atom is -0.325 e. The molecule has 5 nitrogen and oxygen atoms in total. The fourth-order valence-corrected chi connectivity index (χ4v) is 2.86. The molecule has 6 heteroatoms. The van der Waals surface area contributed by atoms with Crippen LogP contribution in [0.15, 0.2) is 47.6 Å². The summed E-state index contributed by atoms with van der Waals surface area (Å²) in [5.74, 6) is 1.08. The molecule has 0 aliphatic rings. The molecular formula is C16H16N4OS. The van der Waals surface area contributed by atoms with E-state index in [1.54, 1.807) is 0 Å². The smallest absolute Gasteiger partial charge is 0.234 e. The number of benzene rings is 2. The molecule has 1 amide bonds. The van der Waals surface area contributed by atoms with E-state index in [1.165, 1.54) is 11.8 Å². The van der Waals surface area contributed by atoms with Gasteiger partial charge in [-0.3, -0.25) is 4.79 Å². The molecule has 0 atom stereocenters. The number of rotatable bonds is 4. The van der Waals surface area contributed by atoms with Crippen LogP contribution in [-0.4, -0.2) is 26.4 Å². The lowest BCUT2D eigenvalue weighted by atomic mass is 10.1. The Bertz CT molecular complexity index is 828. The topological polar surface area (TPSA) is 59.8 Å². The van der Waals surface area contributed by atoms with Crippen molar-refractivity contribution in [1.82, 2.24) is 14.8 Å². The number of hydrogen-bond acceptors (Lipinski definition) is 4. The van der Waals surface area contributed by atoms with E-state index in [0.29, 0.717) is 5.75 Å². The van der Waals surface area contributed by atoms with Crippen molar-refractivity contribution in [3.8, 4) is 0 Å². The van der Waals surface area contributed by atoms with E-state index in [4.69, 9.17) is 0 Å². The summed E-state index contributed by atoms with van der Waals surface area (Å²) in [7, 11) is 1.89. The van der Waals surface area contributed by atoms with Gasteiger partial charge in [0.15, 0.2) is 5.16 Å². The van der Waals surface area contributed by atoms with Crippen LogP contribution in [0, 0.1) is 6.92 Å². The van der Waals surface area contributed by atoms with Gasteiger partial charge in [0.05, 0.1) is 5.75 Å². The van der Waals surface area contributed by atoms with Crippen molar-refractivity contribution in [3.63, 3.8) is 0 Å². The van der Waals surface area contributed by atoms with Crippen LogP contribution in [0.25, 0.3) is 10.8 Å². The van der Waals surface area contributed by atoms with Gasteiger partial charge in [-0.2, -0.15) is 0 Å². The number of nitrogens with one attached hydrogen (secondary N) is 1. The van der Waals surface area contributed by atoms with E-state index in [9.17, 15) is 4.79 Å². The van der Waals surface area contributed by atoms with E-state index in [0.717, 1.165) is 27.4 Å². The molecule has 3 rings (SSSR count). The molecule has 0 saturated heterocycles. The van der Waals surface area contributed by atoms with E-state index in [1.807, 2.05) is 61.0 Å². The normalized spacial score (nSPS) is 10.8. The van der Waals surface area contributed by atoms with Crippen LogP contribution in [0.5, 0.6) is 0 Å². The van der Waals surface area contributed by atoms with Crippen molar-refractivity contribution < 1.29 is 4.79 Å². The lowest BCUT2D eigenvalue weighted by molar-refractivity contribution is -0.113. The maximum Gasteiger partial charge on any atom is 0.234 e. The number of anilines is 1. The fourth-order valence-electron chi connectivity index (χ4n) is 2.11. The van der Waals surface area contributed by atoms with Gasteiger partial charge in [-0.15, -0.1) is 10.2 Å².